The number of aryl methyl sites for hydroxylation is 1. The van der Waals surface area contributed by atoms with Gasteiger partial charge in [-0.15, -0.1) is 0 Å². The Labute approximate surface area is 119 Å². The van der Waals surface area contributed by atoms with E-state index in [0.29, 0.717) is 12.1 Å². The highest BCUT2D eigenvalue weighted by atomic mass is 16.2. The first-order valence-electron chi connectivity index (χ1n) is 7.34. The lowest BCUT2D eigenvalue weighted by atomic mass is 10.1. The second-order valence-corrected chi connectivity index (χ2v) is 5.38. The van der Waals surface area contributed by atoms with Gasteiger partial charge in [0.2, 0.25) is 0 Å². The minimum absolute atomic E-state index is 0.161. The molecule has 1 fully saturated rings. The molecule has 1 saturated heterocycles. The van der Waals surface area contributed by atoms with Gasteiger partial charge >= 0.3 is 0 Å². The lowest BCUT2D eigenvalue weighted by Crippen LogP contribution is -2.33. The lowest BCUT2D eigenvalue weighted by molar-refractivity contribution is 0.0951. The molecule has 20 heavy (non-hydrogen) atoms. The molecular weight excluding hydrogens is 254 g/mol. The lowest BCUT2D eigenvalue weighted by Gasteiger charge is -2.26. The molecule has 0 aliphatic carbocycles. The molecule has 0 bridgehead atoms. The van der Waals surface area contributed by atoms with E-state index in [1.54, 1.807) is 19.3 Å². The largest absolute Gasteiger partial charge is 0.352 e. The van der Waals surface area contributed by atoms with Crippen LogP contribution >= 0.6 is 0 Å². The van der Waals surface area contributed by atoms with Crippen molar-refractivity contribution in [3.05, 3.63) is 34.2 Å². The Morgan fingerprint density at radius 2 is 2.05 bits per heavy atom. The first kappa shape index (κ1) is 14.8. The van der Waals surface area contributed by atoms with Crippen molar-refractivity contribution < 1.29 is 4.79 Å². The number of nitrogens with one attached hydrogen (secondary N) is 1. The SMILES string of the molecule is Cn1ccc(C(=O)NCCCN2CCCCC2)cc1=O. The Kier molecular flexibility index (Phi) is 5.35. The van der Waals surface area contributed by atoms with Gasteiger partial charge in [-0.05, 0) is 45.0 Å². The number of hydrogen-bond donors (Lipinski definition) is 1. The number of aromatic nitrogens is 1. The summed E-state index contributed by atoms with van der Waals surface area (Å²) >= 11 is 0. The number of hydrogen-bond acceptors (Lipinski definition) is 3. The molecule has 1 amide bonds. The molecule has 1 aliphatic rings. The van der Waals surface area contributed by atoms with Crippen LogP contribution in [0.5, 0.6) is 0 Å². The molecule has 0 saturated carbocycles. The van der Waals surface area contributed by atoms with Crippen molar-refractivity contribution in [1.82, 2.24) is 14.8 Å². The molecular formula is C15H23N3O2. The van der Waals surface area contributed by atoms with E-state index in [-0.39, 0.29) is 11.5 Å². The Morgan fingerprint density at radius 3 is 2.75 bits per heavy atom. The standard InChI is InChI=1S/C15H23N3O2/c1-17-11-6-13(12-14(17)19)15(20)16-7-5-10-18-8-3-2-4-9-18/h6,11-12H,2-5,7-10H2,1H3,(H,16,20). The van der Waals surface area contributed by atoms with Crippen LogP contribution in [0.2, 0.25) is 0 Å². The van der Waals surface area contributed by atoms with Crippen molar-refractivity contribution in [2.75, 3.05) is 26.2 Å². The fourth-order valence-electron chi connectivity index (χ4n) is 2.48. The fourth-order valence-corrected chi connectivity index (χ4v) is 2.48. The van der Waals surface area contributed by atoms with Gasteiger partial charge in [0, 0.05) is 31.4 Å². The second-order valence-electron chi connectivity index (χ2n) is 5.38. The molecule has 1 N–H and O–H groups in total. The highest BCUT2D eigenvalue weighted by Crippen LogP contribution is 2.08. The molecule has 5 heteroatoms. The Hall–Kier alpha value is -1.62. The smallest absolute Gasteiger partial charge is 0.251 e. The van der Waals surface area contributed by atoms with Crippen LogP contribution in [0.4, 0.5) is 0 Å². The molecule has 0 aromatic carbocycles. The first-order valence-corrected chi connectivity index (χ1v) is 7.34. The van der Waals surface area contributed by atoms with Crippen molar-refractivity contribution in [2.24, 2.45) is 7.05 Å². The molecule has 1 aromatic rings. The quantitative estimate of drug-likeness (QED) is 0.817. The summed E-state index contributed by atoms with van der Waals surface area (Å²) in [6.07, 6.45) is 6.50. The highest BCUT2D eigenvalue weighted by molar-refractivity contribution is 5.93. The third-order valence-electron chi connectivity index (χ3n) is 3.75. The Balaban J connectivity index is 1.71. The molecule has 2 heterocycles. The number of carbonyl (C=O) groups is 1. The number of nitrogens with zero attached hydrogens (tertiary/aromatic N) is 2. The Morgan fingerprint density at radius 1 is 1.30 bits per heavy atom. The van der Waals surface area contributed by atoms with Gasteiger partial charge in [-0.1, -0.05) is 6.42 Å². The minimum atomic E-state index is -0.165. The van der Waals surface area contributed by atoms with Crippen LogP contribution in [-0.2, 0) is 7.05 Å². The highest BCUT2D eigenvalue weighted by Gasteiger charge is 2.10. The molecule has 0 spiro atoms. The second kappa shape index (κ2) is 7.24. The van der Waals surface area contributed by atoms with E-state index >= 15 is 0 Å². The third-order valence-corrected chi connectivity index (χ3v) is 3.75. The summed E-state index contributed by atoms with van der Waals surface area (Å²) in [5.74, 6) is -0.165. The summed E-state index contributed by atoms with van der Waals surface area (Å²) in [7, 11) is 1.67. The summed E-state index contributed by atoms with van der Waals surface area (Å²) in [5, 5.41) is 2.87. The van der Waals surface area contributed by atoms with E-state index in [0.717, 1.165) is 13.0 Å². The first-order chi connectivity index (χ1) is 9.66. The molecule has 5 nitrogen and oxygen atoms in total. The van der Waals surface area contributed by atoms with Crippen molar-refractivity contribution in [3.63, 3.8) is 0 Å². The van der Waals surface area contributed by atoms with Crippen molar-refractivity contribution in [3.8, 4) is 0 Å². The van der Waals surface area contributed by atoms with Gasteiger partial charge in [0.1, 0.15) is 0 Å². The summed E-state index contributed by atoms with van der Waals surface area (Å²) in [5.41, 5.74) is 0.275. The van der Waals surface area contributed by atoms with Gasteiger partial charge in [0.05, 0.1) is 0 Å². The Bertz CT molecular complexity index is 504. The number of rotatable bonds is 5. The van der Waals surface area contributed by atoms with Gasteiger partial charge in [0.15, 0.2) is 0 Å². The number of likely N-dealkylation sites (tertiary alicyclic amines) is 1. The zero-order chi connectivity index (χ0) is 14.4. The van der Waals surface area contributed by atoms with Gasteiger partial charge in [-0.2, -0.15) is 0 Å². The summed E-state index contributed by atoms with van der Waals surface area (Å²) in [6, 6.07) is 3.04. The molecule has 110 valence electrons. The van der Waals surface area contributed by atoms with E-state index < -0.39 is 0 Å². The van der Waals surface area contributed by atoms with Crippen LogP contribution in [0.1, 0.15) is 36.0 Å². The van der Waals surface area contributed by atoms with E-state index in [1.807, 2.05) is 0 Å². The molecule has 0 radical (unpaired) electrons. The van der Waals surface area contributed by atoms with Crippen LogP contribution in [0.25, 0.3) is 0 Å². The van der Waals surface area contributed by atoms with E-state index in [9.17, 15) is 9.59 Å². The number of carbonyl (C=O) groups excluding carboxylic acids is 1. The minimum Gasteiger partial charge on any atom is -0.352 e. The average Bonchev–Trinajstić information content (AvgIpc) is 2.47. The topological polar surface area (TPSA) is 54.3 Å². The maximum atomic E-state index is 11.9. The molecule has 1 aromatic heterocycles. The van der Waals surface area contributed by atoms with Crippen LogP contribution < -0.4 is 10.9 Å². The van der Waals surface area contributed by atoms with E-state index in [1.165, 1.54) is 43.0 Å². The van der Waals surface area contributed by atoms with Crippen LogP contribution in [0.15, 0.2) is 23.1 Å². The fraction of sp³-hybridized carbons (Fsp3) is 0.600. The predicted octanol–water partition coefficient (Wildman–Crippen LogP) is 0.991. The number of amides is 1. The summed E-state index contributed by atoms with van der Waals surface area (Å²) < 4.78 is 1.45. The summed E-state index contributed by atoms with van der Waals surface area (Å²) in [6.45, 7) is 4.06. The van der Waals surface area contributed by atoms with E-state index in [2.05, 4.69) is 10.2 Å². The van der Waals surface area contributed by atoms with Gasteiger partial charge < -0.3 is 14.8 Å². The van der Waals surface area contributed by atoms with Crippen molar-refractivity contribution >= 4 is 5.91 Å². The molecule has 0 unspecified atom stereocenters. The maximum Gasteiger partial charge on any atom is 0.251 e. The van der Waals surface area contributed by atoms with Crippen LogP contribution in [0.3, 0.4) is 0 Å². The van der Waals surface area contributed by atoms with Gasteiger partial charge in [0.25, 0.3) is 11.5 Å². The molecule has 0 atom stereocenters. The molecule has 2 rings (SSSR count). The van der Waals surface area contributed by atoms with E-state index in [4.69, 9.17) is 0 Å². The number of piperidine rings is 1. The third kappa shape index (κ3) is 4.20. The van der Waals surface area contributed by atoms with Crippen LogP contribution in [0, 0.1) is 0 Å². The van der Waals surface area contributed by atoms with Crippen molar-refractivity contribution in [2.45, 2.75) is 25.7 Å². The normalized spacial score (nSPS) is 16.1. The number of pyridine rings is 1. The van der Waals surface area contributed by atoms with Crippen molar-refractivity contribution in [1.29, 1.82) is 0 Å². The van der Waals surface area contributed by atoms with Gasteiger partial charge in [-0.3, -0.25) is 9.59 Å². The van der Waals surface area contributed by atoms with Crippen LogP contribution in [-0.4, -0.2) is 41.6 Å². The van der Waals surface area contributed by atoms with Gasteiger partial charge in [-0.25, -0.2) is 0 Å². The average molecular weight is 277 g/mol. The molecule has 1 aliphatic heterocycles. The monoisotopic (exact) mass is 277 g/mol. The predicted molar refractivity (Wildman–Crippen MR) is 78.9 cm³/mol. The zero-order valence-corrected chi connectivity index (χ0v) is 12.1. The summed E-state index contributed by atoms with van der Waals surface area (Å²) in [4.78, 5) is 25.8. The zero-order valence-electron chi connectivity index (χ0n) is 12.1. The maximum absolute atomic E-state index is 11.9.